The molecule has 4 heteroatoms. The maximum atomic E-state index is 12.7. The van der Waals surface area contributed by atoms with E-state index in [1.165, 1.54) is 0 Å². The van der Waals surface area contributed by atoms with E-state index < -0.39 is 0 Å². The molecule has 0 aliphatic carbocycles. The first-order valence-electron chi connectivity index (χ1n) is 7.85. The number of ether oxygens (including phenoxy) is 1. The highest BCUT2D eigenvalue weighted by molar-refractivity contribution is 5.85. The van der Waals surface area contributed by atoms with Gasteiger partial charge < -0.3 is 9.64 Å². The van der Waals surface area contributed by atoms with Crippen LogP contribution in [0.5, 0.6) is 0 Å². The second-order valence-electron chi connectivity index (χ2n) is 5.92. The molecule has 2 aliphatic heterocycles. The van der Waals surface area contributed by atoms with E-state index in [4.69, 9.17) is 4.74 Å². The van der Waals surface area contributed by atoms with E-state index in [2.05, 4.69) is 31.0 Å². The summed E-state index contributed by atoms with van der Waals surface area (Å²) in [6.07, 6.45) is 5.42. The summed E-state index contributed by atoms with van der Waals surface area (Å²) in [6.45, 7) is 8.10. The lowest BCUT2D eigenvalue weighted by atomic mass is 9.98. The molecule has 19 heavy (non-hydrogen) atoms. The molecule has 1 N–H and O–H groups in total. The monoisotopic (exact) mass is 268 g/mol. The number of hydrogen-bond acceptors (Lipinski definition) is 3. The molecule has 2 heterocycles. The number of hydrogen-bond donors (Lipinski definition) is 1. The van der Waals surface area contributed by atoms with Gasteiger partial charge in [0.25, 0.3) is 0 Å². The highest BCUT2D eigenvalue weighted by Gasteiger charge is 2.43. The molecule has 0 aromatic rings. The van der Waals surface area contributed by atoms with Crippen molar-refractivity contribution in [1.82, 2.24) is 10.2 Å². The smallest absolute Gasteiger partial charge is 0.241 e. The molecule has 3 unspecified atom stereocenters. The molecule has 0 aromatic carbocycles. The first-order valence-corrected chi connectivity index (χ1v) is 7.85. The number of amides is 1. The van der Waals surface area contributed by atoms with Crippen molar-refractivity contribution in [3.05, 3.63) is 0 Å². The van der Waals surface area contributed by atoms with Crippen LogP contribution in [0.1, 0.15) is 52.9 Å². The summed E-state index contributed by atoms with van der Waals surface area (Å²) in [5.74, 6) is 0.733. The molecule has 2 aliphatic rings. The van der Waals surface area contributed by atoms with Crippen LogP contribution in [0.25, 0.3) is 0 Å². The van der Waals surface area contributed by atoms with Gasteiger partial charge in [-0.1, -0.05) is 33.6 Å². The van der Waals surface area contributed by atoms with Gasteiger partial charge in [-0.25, -0.2) is 0 Å². The molecule has 0 saturated carbocycles. The fourth-order valence-electron chi connectivity index (χ4n) is 3.21. The zero-order valence-corrected chi connectivity index (χ0v) is 12.5. The van der Waals surface area contributed by atoms with E-state index in [-0.39, 0.29) is 12.2 Å². The Morgan fingerprint density at radius 1 is 1.37 bits per heavy atom. The Labute approximate surface area is 116 Å². The number of rotatable bonds is 5. The maximum absolute atomic E-state index is 12.7. The summed E-state index contributed by atoms with van der Waals surface area (Å²) >= 11 is 0. The lowest BCUT2D eigenvalue weighted by Gasteiger charge is -2.35. The second-order valence-corrected chi connectivity index (χ2v) is 5.92. The Kier molecular flexibility index (Phi) is 5.22. The predicted molar refractivity (Wildman–Crippen MR) is 75.8 cm³/mol. The molecular weight excluding hydrogens is 240 g/mol. The average Bonchev–Trinajstić information content (AvgIpc) is 2.76. The van der Waals surface area contributed by atoms with Gasteiger partial charge in [0.05, 0.1) is 12.2 Å². The van der Waals surface area contributed by atoms with Crippen LogP contribution in [-0.2, 0) is 9.53 Å². The predicted octanol–water partition coefficient (Wildman–Crippen LogP) is 2.14. The second kappa shape index (κ2) is 6.71. The van der Waals surface area contributed by atoms with Crippen molar-refractivity contribution in [3.63, 3.8) is 0 Å². The SMILES string of the molecule is CCCC1NC(C(C)CC)C(=O)N1C1CCOCC1. The van der Waals surface area contributed by atoms with Crippen LogP contribution in [-0.4, -0.2) is 42.3 Å². The highest BCUT2D eigenvalue weighted by Crippen LogP contribution is 2.27. The van der Waals surface area contributed by atoms with Crippen molar-refractivity contribution >= 4 is 5.91 Å². The third-order valence-corrected chi connectivity index (χ3v) is 4.59. The number of nitrogens with zero attached hydrogens (tertiary/aromatic N) is 1. The lowest BCUT2D eigenvalue weighted by Crippen LogP contribution is -2.47. The van der Waals surface area contributed by atoms with Gasteiger partial charge in [0, 0.05) is 19.3 Å². The standard InChI is InChI=1S/C15H28N2O2/c1-4-6-13-16-14(11(3)5-2)15(18)17(13)12-7-9-19-10-8-12/h11-14,16H,4-10H2,1-3H3. The van der Waals surface area contributed by atoms with Gasteiger partial charge in [0.15, 0.2) is 0 Å². The summed E-state index contributed by atoms with van der Waals surface area (Å²) < 4.78 is 5.43. The van der Waals surface area contributed by atoms with E-state index in [1.807, 2.05) is 0 Å². The highest BCUT2D eigenvalue weighted by atomic mass is 16.5. The topological polar surface area (TPSA) is 41.6 Å². The van der Waals surface area contributed by atoms with E-state index >= 15 is 0 Å². The first-order chi connectivity index (χ1) is 9.19. The molecule has 0 radical (unpaired) electrons. The van der Waals surface area contributed by atoms with Crippen molar-refractivity contribution < 1.29 is 9.53 Å². The van der Waals surface area contributed by atoms with Gasteiger partial charge in [-0.05, 0) is 25.2 Å². The third-order valence-electron chi connectivity index (χ3n) is 4.59. The Bertz CT molecular complexity index is 303. The molecule has 0 spiro atoms. The normalized spacial score (nSPS) is 30.9. The summed E-state index contributed by atoms with van der Waals surface area (Å²) in [4.78, 5) is 14.9. The minimum absolute atomic E-state index is 0.0180. The summed E-state index contributed by atoms with van der Waals surface area (Å²) in [7, 11) is 0. The van der Waals surface area contributed by atoms with Gasteiger partial charge in [-0.15, -0.1) is 0 Å². The Balaban J connectivity index is 2.10. The molecule has 2 rings (SSSR count). The van der Waals surface area contributed by atoms with Crippen LogP contribution in [0.4, 0.5) is 0 Å². The zero-order valence-electron chi connectivity index (χ0n) is 12.5. The van der Waals surface area contributed by atoms with Gasteiger partial charge >= 0.3 is 0 Å². The number of carbonyl (C=O) groups is 1. The van der Waals surface area contributed by atoms with Crippen molar-refractivity contribution in [1.29, 1.82) is 0 Å². The van der Waals surface area contributed by atoms with Crippen LogP contribution in [0.15, 0.2) is 0 Å². The van der Waals surface area contributed by atoms with Crippen LogP contribution in [0.2, 0.25) is 0 Å². The van der Waals surface area contributed by atoms with Crippen molar-refractivity contribution in [3.8, 4) is 0 Å². The summed E-state index contributed by atoms with van der Waals surface area (Å²) in [6, 6.07) is 0.392. The number of nitrogens with one attached hydrogen (secondary N) is 1. The van der Waals surface area contributed by atoms with E-state index in [1.54, 1.807) is 0 Å². The minimum Gasteiger partial charge on any atom is -0.381 e. The molecule has 1 amide bonds. The molecule has 2 fully saturated rings. The molecular formula is C15H28N2O2. The van der Waals surface area contributed by atoms with Crippen LogP contribution in [0, 0.1) is 5.92 Å². The number of carbonyl (C=O) groups excluding carboxylic acids is 1. The third kappa shape index (κ3) is 3.11. The Morgan fingerprint density at radius 2 is 2.05 bits per heavy atom. The Hall–Kier alpha value is -0.610. The van der Waals surface area contributed by atoms with E-state index in [9.17, 15) is 4.79 Å². The molecule has 0 bridgehead atoms. The molecule has 3 atom stereocenters. The van der Waals surface area contributed by atoms with Crippen molar-refractivity contribution in [2.75, 3.05) is 13.2 Å². The van der Waals surface area contributed by atoms with Crippen LogP contribution >= 0.6 is 0 Å². The van der Waals surface area contributed by atoms with Crippen LogP contribution in [0.3, 0.4) is 0 Å². The quantitative estimate of drug-likeness (QED) is 0.830. The van der Waals surface area contributed by atoms with E-state index in [0.717, 1.165) is 45.3 Å². The van der Waals surface area contributed by atoms with Crippen LogP contribution < -0.4 is 5.32 Å². The largest absolute Gasteiger partial charge is 0.381 e. The molecule has 0 aromatic heterocycles. The van der Waals surface area contributed by atoms with E-state index in [0.29, 0.717) is 17.9 Å². The van der Waals surface area contributed by atoms with Gasteiger partial charge in [-0.3, -0.25) is 10.1 Å². The fraction of sp³-hybridized carbons (Fsp3) is 0.933. The molecule has 110 valence electrons. The van der Waals surface area contributed by atoms with Crippen molar-refractivity contribution in [2.24, 2.45) is 5.92 Å². The summed E-state index contributed by atoms with van der Waals surface area (Å²) in [5.41, 5.74) is 0. The van der Waals surface area contributed by atoms with Gasteiger partial charge in [0.1, 0.15) is 0 Å². The Morgan fingerprint density at radius 3 is 2.63 bits per heavy atom. The first kappa shape index (κ1) is 14.8. The average molecular weight is 268 g/mol. The maximum Gasteiger partial charge on any atom is 0.241 e. The van der Waals surface area contributed by atoms with Gasteiger partial charge in [-0.2, -0.15) is 0 Å². The lowest BCUT2D eigenvalue weighted by molar-refractivity contribution is -0.135. The fourth-order valence-corrected chi connectivity index (χ4v) is 3.21. The summed E-state index contributed by atoms with van der Waals surface area (Å²) in [5, 5.41) is 3.58. The minimum atomic E-state index is 0.0180. The zero-order chi connectivity index (χ0) is 13.8. The van der Waals surface area contributed by atoms with Gasteiger partial charge in [0.2, 0.25) is 5.91 Å². The van der Waals surface area contributed by atoms with Crippen molar-refractivity contribution in [2.45, 2.75) is 71.1 Å². The molecule has 4 nitrogen and oxygen atoms in total. The molecule has 2 saturated heterocycles.